The van der Waals surface area contributed by atoms with Crippen molar-refractivity contribution in [1.82, 2.24) is 4.98 Å². The summed E-state index contributed by atoms with van der Waals surface area (Å²) in [6.45, 7) is 7.57. The minimum Gasteiger partial charge on any atom is -0.477 e. The monoisotopic (exact) mass is 517 g/mol. The van der Waals surface area contributed by atoms with Crippen LogP contribution in [0, 0.1) is 19.3 Å². The SMILES string of the molecule is CC(=N)/C(=C(\Nc1nc2c(s1)SC(C)c1cc(Cl)c(Cl)cc1-2)C(=O)O)c1cc(C)cc(C)c1. The predicted octanol–water partition coefficient (Wildman–Crippen LogP) is 7.85. The van der Waals surface area contributed by atoms with Gasteiger partial charge in [0, 0.05) is 22.1 Å². The van der Waals surface area contributed by atoms with Gasteiger partial charge >= 0.3 is 5.97 Å². The zero-order valence-electron chi connectivity index (χ0n) is 18.3. The van der Waals surface area contributed by atoms with Crippen molar-refractivity contribution in [2.75, 3.05) is 5.32 Å². The van der Waals surface area contributed by atoms with Crippen molar-refractivity contribution in [1.29, 1.82) is 5.41 Å². The Hall–Kier alpha value is -2.32. The molecule has 0 spiro atoms. The van der Waals surface area contributed by atoms with Gasteiger partial charge < -0.3 is 15.8 Å². The zero-order chi connectivity index (χ0) is 24.0. The summed E-state index contributed by atoms with van der Waals surface area (Å²) >= 11 is 15.5. The first kappa shape index (κ1) is 23.8. The summed E-state index contributed by atoms with van der Waals surface area (Å²) in [5.74, 6) is -1.15. The van der Waals surface area contributed by atoms with Crippen LogP contribution in [0.1, 0.15) is 41.4 Å². The van der Waals surface area contributed by atoms with Gasteiger partial charge in [-0.05, 0) is 51.0 Å². The Morgan fingerprint density at radius 1 is 1.12 bits per heavy atom. The number of thiazole rings is 1. The topological polar surface area (TPSA) is 86.1 Å². The van der Waals surface area contributed by atoms with Gasteiger partial charge in [0.2, 0.25) is 0 Å². The van der Waals surface area contributed by atoms with Gasteiger partial charge in [0.15, 0.2) is 5.13 Å². The van der Waals surface area contributed by atoms with Crippen LogP contribution >= 0.6 is 46.3 Å². The van der Waals surface area contributed by atoms with Crippen molar-refractivity contribution in [3.05, 3.63) is 68.3 Å². The number of fused-ring (bicyclic) bond motifs is 3. The molecule has 0 saturated heterocycles. The van der Waals surface area contributed by atoms with Crippen LogP contribution in [0.25, 0.3) is 16.8 Å². The van der Waals surface area contributed by atoms with Gasteiger partial charge in [-0.3, -0.25) is 0 Å². The van der Waals surface area contributed by atoms with Crippen LogP contribution in [0.15, 0.2) is 40.2 Å². The summed E-state index contributed by atoms with van der Waals surface area (Å²) in [5, 5.41) is 22.9. The molecule has 0 bridgehead atoms. The minimum atomic E-state index is -1.15. The van der Waals surface area contributed by atoms with E-state index in [9.17, 15) is 9.90 Å². The second-order valence-electron chi connectivity index (χ2n) is 7.95. The van der Waals surface area contributed by atoms with Gasteiger partial charge in [-0.15, -0.1) is 11.8 Å². The number of aliphatic carboxylic acids is 1. The van der Waals surface area contributed by atoms with E-state index in [1.807, 2.05) is 44.2 Å². The van der Waals surface area contributed by atoms with E-state index in [1.165, 1.54) is 11.3 Å². The predicted molar refractivity (Wildman–Crippen MR) is 139 cm³/mol. The van der Waals surface area contributed by atoms with Crippen LogP contribution in [0.4, 0.5) is 5.13 Å². The molecule has 2 heterocycles. The fourth-order valence-electron chi connectivity index (χ4n) is 3.93. The molecule has 0 fully saturated rings. The number of anilines is 1. The second-order valence-corrected chi connectivity index (χ2v) is 11.4. The maximum absolute atomic E-state index is 12.3. The fraction of sp³-hybridized carbons (Fsp3) is 0.208. The lowest BCUT2D eigenvalue weighted by atomic mass is 9.96. The van der Waals surface area contributed by atoms with E-state index in [1.54, 1.807) is 18.7 Å². The number of carboxylic acids is 1. The number of thioether (sulfide) groups is 1. The normalized spacial score (nSPS) is 15.4. The Bertz CT molecular complexity index is 1330. The average Bonchev–Trinajstić information content (AvgIpc) is 3.10. The average molecular weight is 518 g/mol. The number of rotatable bonds is 5. The molecule has 1 unspecified atom stereocenters. The molecule has 5 nitrogen and oxygen atoms in total. The second kappa shape index (κ2) is 9.14. The fourth-order valence-corrected chi connectivity index (χ4v) is 6.76. The van der Waals surface area contributed by atoms with Gasteiger partial charge in [-0.1, -0.05) is 63.9 Å². The van der Waals surface area contributed by atoms with E-state index in [2.05, 4.69) is 12.2 Å². The van der Waals surface area contributed by atoms with Crippen molar-refractivity contribution in [3.8, 4) is 11.3 Å². The van der Waals surface area contributed by atoms with Gasteiger partial charge in [-0.2, -0.15) is 0 Å². The Morgan fingerprint density at radius 2 is 1.76 bits per heavy atom. The highest BCUT2D eigenvalue weighted by Crippen LogP contribution is 2.53. The maximum Gasteiger partial charge on any atom is 0.353 e. The van der Waals surface area contributed by atoms with E-state index < -0.39 is 5.97 Å². The van der Waals surface area contributed by atoms with Gasteiger partial charge in [-0.25, -0.2) is 9.78 Å². The number of carboxylic acid groups (broad SMARTS) is 1. The first-order chi connectivity index (χ1) is 15.5. The molecule has 1 aliphatic rings. The molecule has 1 aliphatic heterocycles. The van der Waals surface area contributed by atoms with Crippen molar-refractivity contribution < 1.29 is 9.90 Å². The van der Waals surface area contributed by atoms with Crippen LogP contribution in [0.3, 0.4) is 0 Å². The molecule has 9 heteroatoms. The molecule has 33 heavy (non-hydrogen) atoms. The van der Waals surface area contributed by atoms with E-state index in [4.69, 9.17) is 33.6 Å². The number of halogens is 2. The molecule has 4 rings (SSSR count). The standard InChI is InChI=1S/C24H21Cl2N3O2S2/c1-10-5-11(2)7-14(6-10)19(12(3)27)21(22(30)31)29-24-28-20-16-9-18(26)17(25)8-15(16)13(4)32-23(20)33-24/h5-9,13,27H,1-4H3,(H,28,29)(H,30,31)/b21-19+,27-12?. The summed E-state index contributed by atoms with van der Waals surface area (Å²) in [5.41, 5.74) is 5.77. The highest BCUT2D eigenvalue weighted by atomic mass is 35.5. The zero-order valence-corrected chi connectivity index (χ0v) is 21.5. The van der Waals surface area contributed by atoms with Crippen molar-refractivity contribution in [3.63, 3.8) is 0 Å². The molecule has 0 saturated carbocycles. The number of carbonyl (C=O) groups is 1. The van der Waals surface area contributed by atoms with Gasteiger partial charge in [0.05, 0.1) is 19.9 Å². The Kier molecular flexibility index (Phi) is 6.60. The molecule has 1 atom stereocenters. The molecule has 0 aliphatic carbocycles. The number of allylic oxidation sites excluding steroid dienone is 1. The number of aromatic nitrogens is 1. The van der Waals surface area contributed by atoms with Crippen LogP contribution in [0.2, 0.25) is 10.0 Å². The number of nitrogens with one attached hydrogen (secondary N) is 2. The summed E-state index contributed by atoms with van der Waals surface area (Å²) in [6, 6.07) is 9.46. The summed E-state index contributed by atoms with van der Waals surface area (Å²) < 4.78 is 0.972. The highest BCUT2D eigenvalue weighted by Gasteiger charge is 2.29. The van der Waals surface area contributed by atoms with E-state index in [0.717, 1.165) is 32.2 Å². The lowest BCUT2D eigenvalue weighted by Gasteiger charge is -2.21. The number of hydrogen-bond donors (Lipinski definition) is 3. The molecule has 1 aromatic heterocycles. The van der Waals surface area contributed by atoms with Crippen LogP contribution < -0.4 is 5.32 Å². The summed E-state index contributed by atoms with van der Waals surface area (Å²) in [6.07, 6.45) is 0. The van der Waals surface area contributed by atoms with Crippen LogP contribution in [-0.4, -0.2) is 21.8 Å². The first-order valence-corrected chi connectivity index (χ1v) is 12.6. The number of aryl methyl sites for hydroxylation is 2. The Balaban J connectivity index is 1.83. The maximum atomic E-state index is 12.3. The van der Waals surface area contributed by atoms with E-state index in [0.29, 0.717) is 26.3 Å². The number of nitrogens with zero attached hydrogens (tertiary/aromatic N) is 1. The third-order valence-electron chi connectivity index (χ3n) is 5.25. The van der Waals surface area contributed by atoms with E-state index in [-0.39, 0.29) is 16.7 Å². The minimum absolute atomic E-state index is 0.0778. The van der Waals surface area contributed by atoms with Crippen LogP contribution in [-0.2, 0) is 4.79 Å². The van der Waals surface area contributed by atoms with Gasteiger partial charge in [0.25, 0.3) is 0 Å². The molecular formula is C24H21Cl2N3O2S2. The molecule has 2 aromatic carbocycles. The third-order valence-corrected chi connectivity index (χ3v) is 8.29. The summed E-state index contributed by atoms with van der Waals surface area (Å²) in [7, 11) is 0. The van der Waals surface area contributed by atoms with Crippen molar-refractivity contribution in [2.24, 2.45) is 0 Å². The first-order valence-electron chi connectivity index (χ1n) is 10.1. The Labute approximate surface area is 210 Å². The third kappa shape index (κ3) is 4.68. The highest BCUT2D eigenvalue weighted by molar-refractivity contribution is 8.01. The smallest absolute Gasteiger partial charge is 0.353 e. The Morgan fingerprint density at radius 3 is 2.36 bits per heavy atom. The lowest BCUT2D eigenvalue weighted by Crippen LogP contribution is -2.16. The van der Waals surface area contributed by atoms with Crippen molar-refractivity contribution >= 4 is 68.7 Å². The molecule has 3 aromatic rings. The lowest BCUT2D eigenvalue weighted by molar-refractivity contribution is -0.132. The van der Waals surface area contributed by atoms with E-state index >= 15 is 0 Å². The molecule has 3 N–H and O–H groups in total. The molecule has 0 amide bonds. The molecule has 170 valence electrons. The molecule has 0 radical (unpaired) electrons. The number of hydrogen-bond acceptors (Lipinski definition) is 6. The largest absolute Gasteiger partial charge is 0.477 e. The van der Waals surface area contributed by atoms with Gasteiger partial charge in [0.1, 0.15) is 5.70 Å². The quantitative estimate of drug-likeness (QED) is 0.237. The van der Waals surface area contributed by atoms with Crippen LogP contribution in [0.5, 0.6) is 0 Å². The summed E-state index contributed by atoms with van der Waals surface area (Å²) in [4.78, 5) is 17.0. The van der Waals surface area contributed by atoms with Crippen molar-refractivity contribution in [2.45, 2.75) is 37.2 Å². The number of benzene rings is 2. The molecular weight excluding hydrogens is 497 g/mol.